The fourth-order valence-corrected chi connectivity index (χ4v) is 6.77. The molecule has 0 spiro atoms. The molecule has 3 aromatic heterocycles. The lowest BCUT2D eigenvalue weighted by atomic mass is 9.82. The van der Waals surface area contributed by atoms with E-state index in [0.717, 1.165) is 24.5 Å². The Labute approximate surface area is 259 Å². The van der Waals surface area contributed by atoms with Gasteiger partial charge in [0.2, 0.25) is 5.88 Å². The van der Waals surface area contributed by atoms with Crippen LogP contribution in [0.5, 0.6) is 5.88 Å². The van der Waals surface area contributed by atoms with Crippen LogP contribution < -0.4 is 10.5 Å². The van der Waals surface area contributed by atoms with Crippen LogP contribution in [-0.2, 0) is 18.3 Å². The van der Waals surface area contributed by atoms with E-state index in [2.05, 4.69) is 37.6 Å². The van der Waals surface area contributed by atoms with Crippen LogP contribution in [0.2, 0.25) is 0 Å². The standard InChI is InChI=1S/C31H36F3N9O2/c1-2-25-28(37-19-38-29(25)36)21-13-39-43(15-21)30(8-9-35)17-42(18-30)22-3-5-24(6-4-22)45-27-12-20(11-26(40-27)31(32,33)34)14-41-10-7-23(44)16-41/h2,11-13,15,19,22-24,44H,1,3-8,10,14,16-18H2,(H2,36,37,38)/t22?,23-,24?/m1/s1. The number of rotatable bonds is 9. The monoisotopic (exact) mass is 623 g/mol. The van der Waals surface area contributed by atoms with Gasteiger partial charge >= 0.3 is 6.18 Å². The number of pyridine rings is 1. The topological polar surface area (TPSA) is 142 Å². The Morgan fingerprint density at radius 3 is 2.62 bits per heavy atom. The molecule has 238 valence electrons. The number of aromatic nitrogens is 5. The van der Waals surface area contributed by atoms with Gasteiger partial charge in [0.25, 0.3) is 0 Å². The summed E-state index contributed by atoms with van der Waals surface area (Å²) in [5, 5.41) is 24.1. The lowest BCUT2D eigenvalue weighted by Crippen LogP contribution is -2.65. The highest BCUT2D eigenvalue weighted by Crippen LogP contribution is 2.39. The van der Waals surface area contributed by atoms with E-state index in [0.29, 0.717) is 81.0 Å². The average Bonchev–Trinajstić information content (AvgIpc) is 3.64. The van der Waals surface area contributed by atoms with Gasteiger partial charge in [-0.1, -0.05) is 12.7 Å². The first-order chi connectivity index (χ1) is 21.6. The molecule has 0 amide bonds. The Morgan fingerprint density at radius 2 is 1.96 bits per heavy atom. The number of likely N-dealkylation sites (tertiary alicyclic amines) is 2. The summed E-state index contributed by atoms with van der Waals surface area (Å²) in [6.45, 7) is 6.49. The second-order valence-corrected chi connectivity index (χ2v) is 12.3. The fourth-order valence-electron chi connectivity index (χ4n) is 6.77. The van der Waals surface area contributed by atoms with Crippen molar-refractivity contribution in [3.63, 3.8) is 0 Å². The predicted molar refractivity (Wildman–Crippen MR) is 159 cm³/mol. The molecule has 0 bridgehead atoms. The Balaban J connectivity index is 1.08. The Bertz CT molecular complexity index is 1570. The molecule has 0 aromatic carbocycles. The molecule has 3 aromatic rings. The molecule has 0 radical (unpaired) electrons. The van der Waals surface area contributed by atoms with Crippen molar-refractivity contribution in [2.45, 2.75) is 75.0 Å². The summed E-state index contributed by atoms with van der Waals surface area (Å²) in [5.41, 5.74) is 7.04. The number of nitrogens with two attached hydrogens (primary N) is 1. The maximum Gasteiger partial charge on any atom is 0.433 e. The smallest absolute Gasteiger partial charge is 0.433 e. The van der Waals surface area contributed by atoms with E-state index >= 15 is 0 Å². The zero-order valence-electron chi connectivity index (χ0n) is 24.8. The van der Waals surface area contributed by atoms with Crippen LogP contribution in [0, 0.1) is 11.3 Å². The number of nitrogen functional groups attached to an aromatic ring is 1. The number of nitrogens with zero attached hydrogens (tertiary/aromatic N) is 8. The van der Waals surface area contributed by atoms with Crippen molar-refractivity contribution in [3.8, 4) is 23.2 Å². The largest absolute Gasteiger partial charge is 0.474 e. The van der Waals surface area contributed by atoms with Crippen molar-refractivity contribution in [2.24, 2.45) is 0 Å². The zero-order chi connectivity index (χ0) is 31.8. The zero-order valence-corrected chi connectivity index (χ0v) is 24.8. The van der Waals surface area contributed by atoms with E-state index in [4.69, 9.17) is 10.5 Å². The average molecular weight is 624 g/mol. The van der Waals surface area contributed by atoms with Gasteiger partial charge in [0, 0.05) is 62.2 Å². The quantitative estimate of drug-likeness (QED) is 0.361. The van der Waals surface area contributed by atoms with Gasteiger partial charge in [0.05, 0.1) is 30.5 Å². The van der Waals surface area contributed by atoms with E-state index in [1.54, 1.807) is 18.3 Å². The third-order valence-electron chi connectivity index (χ3n) is 9.12. The molecule has 3 N–H and O–H groups in total. The van der Waals surface area contributed by atoms with Gasteiger partial charge < -0.3 is 15.6 Å². The molecule has 2 saturated heterocycles. The van der Waals surface area contributed by atoms with Crippen molar-refractivity contribution in [2.75, 3.05) is 31.9 Å². The van der Waals surface area contributed by atoms with Crippen LogP contribution in [0.25, 0.3) is 17.3 Å². The number of aliphatic hydroxyl groups excluding tert-OH is 1. The fraction of sp³-hybridized carbons (Fsp3) is 0.516. The number of nitriles is 1. The first-order valence-electron chi connectivity index (χ1n) is 15.1. The number of alkyl halides is 3. The first kappa shape index (κ1) is 30.9. The van der Waals surface area contributed by atoms with Gasteiger partial charge in [0.15, 0.2) is 0 Å². The highest BCUT2D eigenvalue weighted by molar-refractivity contribution is 5.76. The number of β-amino-alcohol motifs (C(OH)–C–C–N with tert-alkyl or cyclic N) is 1. The number of aliphatic hydroxyl groups is 1. The van der Waals surface area contributed by atoms with Crippen molar-refractivity contribution in [1.29, 1.82) is 5.26 Å². The molecule has 5 heterocycles. The van der Waals surface area contributed by atoms with Crippen molar-refractivity contribution in [3.05, 3.63) is 54.3 Å². The number of hydrogen-bond donors (Lipinski definition) is 2. The summed E-state index contributed by atoms with van der Waals surface area (Å²) < 4.78 is 48.8. The molecule has 6 rings (SSSR count). The maximum absolute atomic E-state index is 13.6. The molecule has 1 atom stereocenters. The van der Waals surface area contributed by atoms with E-state index in [9.17, 15) is 23.5 Å². The first-order valence-corrected chi connectivity index (χ1v) is 15.1. The lowest BCUT2D eigenvalue weighted by molar-refractivity contribution is -0.141. The second-order valence-electron chi connectivity index (χ2n) is 12.3. The summed E-state index contributed by atoms with van der Waals surface area (Å²) >= 11 is 0. The Morgan fingerprint density at radius 1 is 1.18 bits per heavy atom. The van der Waals surface area contributed by atoms with E-state index < -0.39 is 23.5 Å². The minimum atomic E-state index is -4.59. The number of ether oxygens (including phenoxy) is 1. The molecule has 3 aliphatic rings. The van der Waals surface area contributed by atoms with Gasteiger partial charge in [-0.15, -0.1) is 0 Å². The summed E-state index contributed by atoms with van der Waals surface area (Å²) in [6.07, 6.45) is 5.23. The second kappa shape index (κ2) is 12.4. The van der Waals surface area contributed by atoms with Crippen molar-refractivity contribution >= 4 is 11.9 Å². The molecule has 11 nitrogen and oxygen atoms in total. The minimum absolute atomic E-state index is 0.0143. The summed E-state index contributed by atoms with van der Waals surface area (Å²) in [5.74, 6) is 0.315. The van der Waals surface area contributed by atoms with Crippen LogP contribution in [0.15, 0.2) is 37.4 Å². The summed E-state index contributed by atoms with van der Waals surface area (Å²) in [6, 6.07) is 5.24. The lowest BCUT2D eigenvalue weighted by Gasteiger charge is -2.53. The van der Waals surface area contributed by atoms with Gasteiger partial charge in [0.1, 0.15) is 29.5 Å². The molecule has 2 aliphatic heterocycles. The molecular formula is C31H36F3N9O2. The SMILES string of the molecule is C=Cc1c(N)ncnc1-c1cnn(C2(CC#N)CN(C3CCC(Oc4cc(CN5CC[C@@H](O)C5)cc(C(F)(F)F)n4)CC3)C2)c1. The number of anilines is 1. The third kappa shape index (κ3) is 6.51. The highest BCUT2D eigenvalue weighted by atomic mass is 19.4. The van der Waals surface area contributed by atoms with Crippen molar-refractivity contribution < 1.29 is 23.0 Å². The molecule has 0 unspecified atom stereocenters. The molecule has 45 heavy (non-hydrogen) atoms. The van der Waals surface area contributed by atoms with Gasteiger partial charge in [-0.25, -0.2) is 15.0 Å². The van der Waals surface area contributed by atoms with E-state index in [-0.39, 0.29) is 18.0 Å². The van der Waals surface area contributed by atoms with Gasteiger partial charge in [-0.3, -0.25) is 14.5 Å². The van der Waals surface area contributed by atoms with Crippen LogP contribution in [0.3, 0.4) is 0 Å². The Hall–Kier alpha value is -4.06. The Kier molecular flexibility index (Phi) is 8.51. The maximum atomic E-state index is 13.6. The molecule has 1 aliphatic carbocycles. The van der Waals surface area contributed by atoms with E-state index in [1.807, 2.05) is 15.8 Å². The number of halogens is 3. The highest BCUT2D eigenvalue weighted by Gasteiger charge is 2.48. The molecule has 3 fully saturated rings. The summed E-state index contributed by atoms with van der Waals surface area (Å²) in [4.78, 5) is 16.5. The van der Waals surface area contributed by atoms with Crippen LogP contribution in [0.4, 0.5) is 19.0 Å². The van der Waals surface area contributed by atoms with E-state index in [1.165, 1.54) is 6.33 Å². The van der Waals surface area contributed by atoms with Crippen LogP contribution >= 0.6 is 0 Å². The van der Waals surface area contributed by atoms with Gasteiger partial charge in [-0.05, 0) is 43.7 Å². The van der Waals surface area contributed by atoms with Crippen molar-refractivity contribution in [1.82, 2.24) is 34.5 Å². The number of hydrogen-bond acceptors (Lipinski definition) is 10. The van der Waals surface area contributed by atoms with Crippen LogP contribution in [-0.4, -0.2) is 84.1 Å². The minimum Gasteiger partial charge on any atom is -0.474 e. The van der Waals surface area contributed by atoms with Gasteiger partial charge in [-0.2, -0.15) is 23.5 Å². The van der Waals surface area contributed by atoms with Crippen LogP contribution in [0.1, 0.15) is 55.3 Å². The predicted octanol–water partition coefficient (Wildman–Crippen LogP) is 3.86. The summed E-state index contributed by atoms with van der Waals surface area (Å²) in [7, 11) is 0. The normalized spacial score (nSPS) is 23.8. The molecule has 1 saturated carbocycles. The molecule has 14 heteroatoms. The third-order valence-corrected chi connectivity index (χ3v) is 9.12. The molecular weight excluding hydrogens is 587 g/mol.